The molecule has 1 amide bonds. The van der Waals surface area contributed by atoms with Gasteiger partial charge in [-0.1, -0.05) is 42.5 Å². The number of nitrogens with zero attached hydrogens (tertiary/aromatic N) is 2. The topological polar surface area (TPSA) is 93.1 Å². The fourth-order valence-corrected chi connectivity index (χ4v) is 3.68. The third kappa shape index (κ3) is 5.77. The van der Waals surface area contributed by atoms with Crippen molar-refractivity contribution in [2.75, 3.05) is 6.54 Å². The van der Waals surface area contributed by atoms with Crippen molar-refractivity contribution in [2.24, 2.45) is 0 Å². The van der Waals surface area contributed by atoms with Crippen LogP contribution in [0.4, 0.5) is 0 Å². The first-order valence-electron chi connectivity index (χ1n) is 8.88. The van der Waals surface area contributed by atoms with E-state index in [0.717, 1.165) is 17.7 Å². The third-order valence-corrected chi connectivity index (χ3v) is 5.61. The van der Waals surface area contributed by atoms with Crippen LogP contribution in [-0.4, -0.2) is 30.4 Å². The molecule has 3 rings (SSSR count). The van der Waals surface area contributed by atoms with Gasteiger partial charge in [-0.2, -0.15) is 0 Å². The summed E-state index contributed by atoms with van der Waals surface area (Å²) in [5.41, 5.74) is 2.12. The number of hydrogen-bond donors (Lipinski definition) is 2. The first-order chi connectivity index (χ1) is 13.5. The summed E-state index contributed by atoms with van der Waals surface area (Å²) >= 11 is 0. The molecule has 0 atom stereocenters. The molecule has 0 aliphatic carbocycles. The summed E-state index contributed by atoms with van der Waals surface area (Å²) in [6, 6.07) is 16.0. The maximum atomic E-state index is 12.1. The molecule has 0 saturated carbocycles. The predicted molar refractivity (Wildman–Crippen MR) is 106 cm³/mol. The monoisotopic (exact) mass is 398 g/mol. The molecule has 0 saturated heterocycles. The smallest absolute Gasteiger partial charge is 0.240 e. The maximum absolute atomic E-state index is 12.1. The summed E-state index contributed by atoms with van der Waals surface area (Å²) in [6.07, 6.45) is 5.48. The molecular formula is C20H22N4O3S. The van der Waals surface area contributed by atoms with Crippen molar-refractivity contribution in [3.63, 3.8) is 0 Å². The van der Waals surface area contributed by atoms with Crippen LogP contribution in [0.2, 0.25) is 0 Å². The summed E-state index contributed by atoms with van der Waals surface area (Å²) in [6.45, 7) is 1.19. The highest BCUT2D eigenvalue weighted by molar-refractivity contribution is 7.89. The minimum absolute atomic E-state index is 0.0485. The molecule has 2 aromatic carbocycles. The number of amides is 1. The van der Waals surface area contributed by atoms with Gasteiger partial charge >= 0.3 is 0 Å². The van der Waals surface area contributed by atoms with E-state index in [9.17, 15) is 13.2 Å². The van der Waals surface area contributed by atoms with Crippen molar-refractivity contribution in [1.29, 1.82) is 0 Å². The van der Waals surface area contributed by atoms with E-state index in [4.69, 9.17) is 0 Å². The summed E-state index contributed by atoms with van der Waals surface area (Å²) in [5, 5.41) is 2.80. The number of carbonyl (C=O) groups is 1. The molecule has 28 heavy (non-hydrogen) atoms. The largest absolute Gasteiger partial charge is 0.352 e. The van der Waals surface area contributed by atoms with Crippen molar-refractivity contribution >= 4 is 15.9 Å². The van der Waals surface area contributed by atoms with E-state index < -0.39 is 10.0 Å². The lowest BCUT2D eigenvalue weighted by Gasteiger charge is -2.08. The van der Waals surface area contributed by atoms with Crippen LogP contribution >= 0.6 is 0 Å². The zero-order valence-corrected chi connectivity index (χ0v) is 16.1. The van der Waals surface area contributed by atoms with E-state index >= 15 is 0 Å². The second kappa shape index (κ2) is 9.29. The number of aromatic nitrogens is 2. The van der Waals surface area contributed by atoms with Gasteiger partial charge in [0.05, 0.1) is 11.2 Å². The van der Waals surface area contributed by atoms with Crippen LogP contribution in [-0.2, 0) is 27.9 Å². The Kier molecular flexibility index (Phi) is 6.57. The zero-order chi connectivity index (χ0) is 19.8. The fraction of sp³-hybridized carbons (Fsp3) is 0.200. The second-order valence-electron chi connectivity index (χ2n) is 6.29. The quantitative estimate of drug-likeness (QED) is 0.576. The number of imidazole rings is 1. The van der Waals surface area contributed by atoms with Gasteiger partial charge in [0.25, 0.3) is 0 Å². The standard InChI is InChI=1S/C20H22N4O3S/c25-20(10-11-23-28(26,27)19-4-2-1-3-5-19)22-14-17-6-8-18(9-7-17)15-24-13-12-21-16-24/h1-9,12-13,16,23H,10-11,14-15H2,(H,22,25). The van der Waals surface area contributed by atoms with Gasteiger partial charge in [0.2, 0.25) is 15.9 Å². The molecule has 0 aliphatic heterocycles. The molecule has 0 fully saturated rings. The van der Waals surface area contributed by atoms with Crippen LogP contribution in [0.15, 0.2) is 78.2 Å². The van der Waals surface area contributed by atoms with Crippen molar-refractivity contribution in [1.82, 2.24) is 19.6 Å². The number of benzene rings is 2. The highest BCUT2D eigenvalue weighted by atomic mass is 32.2. The summed E-state index contributed by atoms with van der Waals surface area (Å²) in [5.74, 6) is -0.210. The zero-order valence-electron chi connectivity index (χ0n) is 15.3. The number of hydrogen-bond acceptors (Lipinski definition) is 4. The molecule has 7 nitrogen and oxygen atoms in total. The molecule has 8 heteroatoms. The van der Waals surface area contributed by atoms with Gasteiger partial charge < -0.3 is 9.88 Å². The van der Waals surface area contributed by atoms with E-state index in [1.54, 1.807) is 30.7 Å². The van der Waals surface area contributed by atoms with Gasteiger partial charge in [-0.25, -0.2) is 18.1 Å². The van der Waals surface area contributed by atoms with Crippen LogP contribution in [0, 0.1) is 0 Å². The molecule has 0 unspecified atom stereocenters. The summed E-state index contributed by atoms with van der Waals surface area (Å²) < 4.78 is 28.6. The average Bonchev–Trinajstić information content (AvgIpc) is 3.21. The van der Waals surface area contributed by atoms with Gasteiger partial charge in [0, 0.05) is 38.4 Å². The normalized spacial score (nSPS) is 11.3. The Balaban J connectivity index is 1.40. The molecule has 2 N–H and O–H groups in total. The molecule has 3 aromatic rings. The SMILES string of the molecule is O=C(CCNS(=O)(=O)c1ccccc1)NCc1ccc(Cn2ccnc2)cc1. The summed E-state index contributed by atoms with van der Waals surface area (Å²) in [7, 11) is -3.59. The van der Waals surface area contributed by atoms with E-state index in [2.05, 4.69) is 15.0 Å². The fourth-order valence-electron chi connectivity index (χ4n) is 2.62. The Labute approximate surface area is 164 Å². The predicted octanol–water partition coefficient (Wildman–Crippen LogP) is 1.92. The maximum Gasteiger partial charge on any atom is 0.240 e. The minimum atomic E-state index is -3.59. The molecule has 0 radical (unpaired) electrons. The molecule has 0 spiro atoms. The van der Waals surface area contributed by atoms with Crippen molar-refractivity contribution in [2.45, 2.75) is 24.4 Å². The molecule has 0 bridgehead atoms. The Morgan fingerprint density at radius 3 is 2.39 bits per heavy atom. The van der Waals surface area contributed by atoms with Gasteiger partial charge in [0.1, 0.15) is 0 Å². The highest BCUT2D eigenvalue weighted by Gasteiger charge is 2.13. The number of sulfonamides is 1. The van der Waals surface area contributed by atoms with Crippen LogP contribution in [0.25, 0.3) is 0 Å². The molecule has 1 heterocycles. The van der Waals surface area contributed by atoms with Crippen LogP contribution in [0.5, 0.6) is 0 Å². The van der Waals surface area contributed by atoms with Crippen molar-refractivity contribution in [3.05, 3.63) is 84.4 Å². The molecule has 0 aliphatic rings. The highest BCUT2D eigenvalue weighted by Crippen LogP contribution is 2.08. The van der Waals surface area contributed by atoms with E-state index in [0.29, 0.717) is 6.54 Å². The molecule has 146 valence electrons. The lowest BCUT2D eigenvalue weighted by molar-refractivity contribution is -0.121. The first kappa shape index (κ1) is 19.8. The number of carbonyl (C=O) groups excluding carboxylic acids is 1. The Hall–Kier alpha value is -2.97. The van der Waals surface area contributed by atoms with Crippen LogP contribution in [0.1, 0.15) is 17.5 Å². The van der Waals surface area contributed by atoms with Gasteiger partial charge in [-0.15, -0.1) is 0 Å². The lowest BCUT2D eigenvalue weighted by Crippen LogP contribution is -2.30. The van der Waals surface area contributed by atoms with E-state index in [1.807, 2.05) is 35.0 Å². The Bertz CT molecular complexity index is 986. The van der Waals surface area contributed by atoms with Crippen LogP contribution in [0.3, 0.4) is 0 Å². The van der Waals surface area contributed by atoms with Crippen molar-refractivity contribution in [3.8, 4) is 0 Å². The average molecular weight is 398 g/mol. The van der Waals surface area contributed by atoms with E-state index in [1.165, 1.54) is 12.1 Å². The summed E-state index contributed by atoms with van der Waals surface area (Å²) in [4.78, 5) is 16.2. The first-order valence-corrected chi connectivity index (χ1v) is 10.4. The molecule has 1 aromatic heterocycles. The van der Waals surface area contributed by atoms with E-state index in [-0.39, 0.29) is 23.8 Å². The Morgan fingerprint density at radius 2 is 1.71 bits per heavy atom. The minimum Gasteiger partial charge on any atom is -0.352 e. The van der Waals surface area contributed by atoms with Gasteiger partial charge in [-0.3, -0.25) is 4.79 Å². The van der Waals surface area contributed by atoms with Gasteiger partial charge in [0.15, 0.2) is 0 Å². The Morgan fingerprint density at radius 1 is 1.00 bits per heavy atom. The lowest BCUT2D eigenvalue weighted by atomic mass is 10.1. The second-order valence-corrected chi connectivity index (χ2v) is 8.06. The molecular weight excluding hydrogens is 376 g/mol. The number of rotatable bonds is 9. The third-order valence-electron chi connectivity index (χ3n) is 4.13. The van der Waals surface area contributed by atoms with Gasteiger partial charge in [-0.05, 0) is 23.3 Å². The van der Waals surface area contributed by atoms with Crippen molar-refractivity contribution < 1.29 is 13.2 Å². The van der Waals surface area contributed by atoms with Crippen LogP contribution < -0.4 is 10.0 Å². The number of nitrogens with one attached hydrogen (secondary N) is 2.